The summed E-state index contributed by atoms with van der Waals surface area (Å²) in [5, 5.41) is 8.62. The first-order valence-electron chi connectivity index (χ1n) is 5.56. The molecule has 0 aliphatic carbocycles. The number of ether oxygens (including phenoxy) is 2. The maximum atomic E-state index is 10.5. The number of carboxylic acids is 1. The van der Waals surface area contributed by atoms with E-state index in [0.29, 0.717) is 19.6 Å². The third-order valence-corrected chi connectivity index (χ3v) is 2.48. The second-order valence-electron chi connectivity index (χ2n) is 3.82. The van der Waals surface area contributed by atoms with Crippen molar-refractivity contribution in [2.75, 3.05) is 20.3 Å². The summed E-state index contributed by atoms with van der Waals surface area (Å²) < 4.78 is 10.4. The Morgan fingerprint density at radius 1 is 1.35 bits per heavy atom. The van der Waals surface area contributed by atoms with Crippen LogP contribution in [-0.4, -0.2) is 31.4 Å². The van der Waals surface area contributed by atoms with Crippen molar-refractivity contribution in [3.8, 4) is 5.75 Å². The SMILES string of the molecule is COCCOc1ccc(CCC(=O)O)c(C)c1. The van der Waals surface area contributed by atoms with Gasteiger partial charge in [0.05, 0.1) is 6.61 Å². The molecule has 0 amide bonds. The number of methoxy groups -OCH3 is 1. The summed E-state index contributed by atoms with van der Waals surface area (Å²) in [5.41, 5.74) is 2.10. The second kappa shape index (κ2) is 6.91. The Morgan fingerprint density at radius 2 is 2.12 bits per heavy atom. The predicted octanol–water partition coefficient (Wildman–Crippen LogP) is 2.04. The van der Waals surface area contributed by atoms with Gasteiger partial charge >= 0.3 is 5.97 Å². The summed E-state index contributed by atoms with van der Waals surface area (Å²) in [6.07, 6.45) is 0.713. The number of carboxylic acid groups (broad SMARTS) is 1. The molecule has 0 saturated carbocycles. The van der Waals surface area contributed by atoms with E-state index in [1.807, 2.05) is 25.1 Å². The molecule has 94 valence electrons. The number of hydrogen-bond acceptors (Lipinski definition) is 3. The summed E-state index contributed by atoms with van der Waals surface area (Å²) in [4.78, 5) is 10.5. The molecule has 0 aliphatic heterocycles. The maximum absolute atomic E-state index is 10.5. The van der Waals surface area contributed by atoms with E-state index in [9.17, 15) is 4.79 Å². The Labute approximate surface area is 101 Å². The molecule has 0 aliphatic rings. The lowest BCUT2D eigenvalue weighted by Crippen LogP contribution is -2.05. The van der Waals surface area contributed by atoms with Crippen molar-refractivity contribution in [2.45, 2.75) is 19.8 Å². The third-order valence-electron chi connectivity index (χ3n) is 2.48. The summed E-state index contributed by atoms with van der Waals surface area (Å²) in [7, 11) is 1.63. The van der Waals surface area contributed by atoms with E-state index in [1.165, 1.54) is 0 Å². The number of hydrogen-bond donors (Lipinski definition) is 1. The summed E-state index contributed by atoms with van der Waals surface area (Å²) >= 11 is 0. The van der Waals surface area contributed by atoms with E-state index in [-0.39, 0.29) is 6.42 Å². The normalized spacial score (nSPS) is 10.2. The van der Waals surface area contributed by atoms with Gasteiger partial charge in [-0.1, -0.05) is 6.07 Å². The van der Waals surface area contributed by atoms with Crippen LogP contribution in [0.5, 0.6) is 5.75 Å². The summed E-state index contributed by atoms with van der Waals surface area (Å²) in [6, 6.07) is 5.70. The monoisotopic (exact) mass is 238 g/mol. The first-order chi connectivity index (χ1) is 8.13. The van der Waals surface area contributed by atoms with Crippen molar-refractivity contribution in [1.82, 2.24) is 0 Å². The van der Waals surface area contributed by atoms with Crippen LogP contribution in [0.4, 0.5) is 0 Å². The predicted molar refractivity (Wildman–Crippen MR) is 64.5 cm³/mol. The summed E-state index contributed by atoms with van der Waals surface area (Å²) in [6.45, 7) is 3.03. The van der Waals surface area contributed by atoms with Crippen molar-refractivity contribution >= 4 is 5.97 Å². The van der Waals surface area contributed by atoms with Gasteiger partial charge in [-0.05, 0) is 36.6 Å². The number of aliphatic carboxylic acids is 1. The van der Waals surface area contributed by atoms with Crippen molar-refractivity contribution in [2.24, 2.45) is 0 Å². The molecule has 0 atom stereocenters. The average Bonchev–Trinajstić information content (AvgIpc) is 2.28. The first-order valence-corrected chi connectivity index (χ1v) is 5.56. The van der Waals surface area contributed by atoms with Crippen LogP contribution in [0.15, 0.2) is 18.2 Å². The quantitative estimate of drug-likeness (QED) is 0.738. The highest BCUT2D eigenvalue weighted by molar-refractivity contribution is 5.67. The molecule has 0 radical (unpaired) electrons. The molecule has 1 rings (SSSR count). The number of rotatable bonds is 7. The molecule has 17 heavy (non-hydrogen) atoms. The van der Waals surface area contributed by atoms with Crippen molar-refractivity contribution in [1.29, 1.82) is 0 Å². The van der Waals surface area contributed by atoms with Gasteiger partial charge in [0.2, 0.25) is 0 Å². The van der Waals surface area contributed by atoms with E-state index < -0.39 is 5.97 Å². The smallest absolute Gasteiger partial charge is 0.303 e. The van der Waals surface area contributed by atoms with E-state index in [1.54, 1.807) is 7.11 Å². The molecule has 1 aromatic carbocycles. The highest BCUT2D eigenvalue weighted by Gasteiger charge is 2.04. The van der Waals surface area contributed by atoms with Crippen LogP contribution in [0.3, 0.4) is 0 Å². The molecule has 0 fully saturated rings. The zero-order valence-electron chi connectivity index (χ0n) is 10.2. The van der Waals surface area contributed by atoms with Gasteiger partial charge in [-0.15, -0.1) is 0 Å². The minimum atomic E-state index is -0.773. The second-order valence-corrected chi connectivity index (χ2v) is 3.82. The number of benzene rings is 1. The Hall–Kier alpha value is -1.55. The van der Waals surface area contributed by atoms with Gasteiger partial charge in [0.1, 0.15) is 12.4 Å². The topological polar surface area (TPSA) is 55.8 Å². The molecule has 0 heterocycles. The fourth-order valence-corrected chi connectivity index (χ4v) is 1.52. The van der Waals surface area contributed by atoms with E-state index >= 15 is 0 Å². The standard InChI is InChI=1S/C13H18O4/c1-10-9-12(17-8-7-16-2)5-3-11(10)4-6-13(14)15/h3,5,9H,4,6-8H2,1-2H3,(H,14,15). The molecular weight excluding hydrogens is 220 g/mol. The van der Waals surface area contributed by atoms with Gasteiger partial charge in [0.25, 0.3) is 0 Å². The molecule has 0 saturated heterocycles. The van der Waals surface area contributed by atoms with Crippen molar-refractivity contribution in [3.63, 3.8) is 0 Å². The molecular formula is C13H18O4. The molecule has 1 aromatic rings. The maximum Gasteiger partial charge on any atom is 0.303 e. The van der Waals surface area contributed by atoms with Gasteiger partial charge in [0, 0.05) is 13.5 Å². The molecule has 0 spiro atoms. The molecule has 4 nitrogen and oxygen atoms in total. The Kier molecular flexibility index (Phi) is 5.49. The molecule has 1 N–H and O–H groups in total. The van der Waals surface area contributed by atoms with Gasteiger partial charge in [-0.2, -0.15) is 0 Å². The van der Waals surface area contributed by atoms with Crippen molar-refractivity contribution in [3.05, 3.63) is 29.3 Å². The van der Waals surface area contributed by atoms with E-state index in [4.69, 9.17) is 14.6 Å². The van der Waals surface area contributed by atoms with Gasteiger partial charge in [-0.3, -0.25) is 4.79 Å². The highest BCUT2D eigenvalue weighted by Crippen LogP contribution is 2.18. The molecule has 0 aromatic heterocycles. The molecule has 0 bridgehead atoms. The van der Waals surface area contributed by atoms with E-state index in [2.05, 4.69) is 0 Å². The lowest BCUT2D eigenvalue weighted by atomic mass is 10.0. The van der Waals surface area contributed by atoms with Crippen LogP contribution in [0.25, 0.3) is 0 Å². The minimum Gasteiger partial charge on any atom is -0.491 e. The Balaban J connectivity index is 2.56. The highest BCUT2D eigenvalue weighted by atomic mass is 16.5. The minimum absolute atomic E-state index is 0.157. The zero-order chi connectivity index (χ0) is 12.7. The van der Waals surface area contributed by atoms with Gasteiger partial charge < -0.3 is 14.6 Å². The largest absolute Gasteiger partial charge is 0.491 e. The third kappa shape index (κ3) is 4.87. The Bertz CT molecular complexity index is 374. The van der Waals surface area contributed by atoms with Crippen LogP contribution in [0.1, 0.15) is 17.5 Å². The van der Waals surface area contributed by atoms with Crippen LogP contribution in [0.2, 0.25) is 0 Å². The average molecular weight is 238 g/mol. The van der Waals surface area contributed by atoms with Gasteiger partial charge in [-0.25, -0.2) is 0 Å². The lowest BCUT2D eigenvalue weighted by molar-refractivity contribution is -0.136. The zero-order valence-corrected chi connectivity index (χ0v) is 10.2. The fraction of sp³-hybridized carbons (Fsp3) is 0.462. The lowest BCUT2D eigenvalue weighted by Gasteiger charge is -2.09. The summed E-state index contributed by atoms with van der Waals surface area (Å²) in [5.74, 6) is 0.0171. The van der Waals surface area contributed by atoms with Crippen LogP contribution in [0, 0.1) is 6.92 Å². The first kappa shape index (κ1) is 13.5. The molecule has 0 unspecified atom stereocenters. The molecule has 4 heteroatoms. The van der Waals surface area contributed by atoms with Crippen LogP contribution >= 0.6 is 0 Å². The fourth-order valence-electron chi connectivity index (χ4n) is 1.52. The van der Waals surface area contributed by atoms with E-state index in [0.717, 1.165) is 16.9 Å². The number of carbonyl (C=O) groups is 1. The van der Waals surface area contributed by atoms with Crippen LogP contribution in [-0.2, 0) is 16.0 Å². The van der Waals surface area contributed by atoms with Gasteiger partial charge in [0.15, 0.2) is 0 Å². The van der Waals surface area contributed by atoms with Crippen molar-refractivity contribution < 1.29 is 19.4 Å². The Morgan fingerprint density at radius 3 is 2.71 bits per heavy atom. The number of aryl methyl sites for hydroxylation is 2. The van der Waals surface area contributed by atoms with Crippen LogP contribution < -0.4 is 4.74 Å².